The molecule has 1 unspecified atom stereocenters. The highest BCUT2D eigenvalue weighted by atomic mass is 16.5. The van der Waals surface area contributed by atoms with Crippen molar-refractivity contribution in [3.8, 4) is 0 Å². The molecule has 21 heavy (non-hydrogen) atoms. The predicted molar refractivity (Wildman–Crippen MR) is 74.6 cm³/mol. The summed E-state index contributed by atoms with van der Waals surface area (Å²) in [6, 6.07) is -1.05. The number of hydrogen-bond donors (Lipinski definition) is 7. The van der Waals surface area contributed by atoms with Crippen molar-refractivity contribution in [2.24, 2.45) is 5.73 Å². The number of nitrogens with one attached hydrogen (secondary N) is 3. The van der Waals surface area contributed by atoms with Crippen molar-refractivity contribution in [1.82, 2.24) is 15.6 Å². The van der Waals surface area contributed by atoms with Crippen LogP contribution in [0, 0.1) is 0 Å². The zero-order valence-corrected chi connectivity index (χ0v) is 11.6. The van der Waals surface area contributed by atoms with Gasteiger partial charge in [-0.1, -0.05) is 0 Å². The lowest BCUT2D eigenvalue weighted by Gasteiger charge is -2.24. The number of aliphatic hydroxyl groups is 3. The average molecular weight is 296 g/mol. The van der Waals surface area contributed by atoms with E-state index in [4.69, 9.17) is 10.5 Å². The van der Waals surface area contributed by atoms with Gasteiger partial charge in [-0.15, -0.1) is 0 Å². The smallest absolute Gasteiger partial charge is 0.170 e. The Kier molecular flexibility index (Phi) is 3.64. The molecule has 0 amide bonds. The first kappa shape index (κ1) is 14.4. The van der Waals surface area contributed by atoms with Crippen molar-refractivity contribution in [2.45, 2.75) is 30.5 Å². The van der Waals surface area contributed by atoms with Crippen molar-refractivity contribution in [3.63, 3.8) is 0 Å². The molecule has 0 spiro atoms. The molecular weight excluding hydrogens is 276 g/mol. The number of aromatic nitrogens is 1. The van der Waals surface area contributed by atoms with E-state index in [-0.39, 0.29) is 6.61 Å². The van der Waals surface area contributed by atoms with Gasteiger partial charge in [-0.3, -0.25) is 0 Å². The molecule has 8 N–H and O–H groups in total. The third-order valence-corrected chi connectivity index (χ3v) is 4.11. The molecule has 5 atom stereocenters. The SMILES string of the molecule is COC1NC(N)=Cc2c([C@@H]3N[C@H](CO)[C@@H](O)[C@H]3O)c[nH]c21. The topological polar surface area (TPSA) is 136 Å². The molecule has 1 aromatic rings. The summed E-state index contributed by atoms with van der Waals surface area (Å²) < 4.78 is 5.32. The first-order chi connectivity index (χ1) is 10.1. The van der Waals surface area contributed by atoms with Crippen LogP contribution < -0.4 is 16.4 Å². The number of hydrogen-bond acceptors (Lipinski definition) is 7. The molecule has 0 aromatic carbocycles. The molecule has 0 radical (unpaired) electrons. The third-order valence-electron chi connectivity index (χ3n) is 4.11. The maximum Gasteiger partial charge on any atom is 0.170 e. The highest BCUT2D eigenvalue weighted by Crippen LogP contribution is 2.35. The summed E-state index contributed by atoms with van der Waals surface area (Å²) >= 11 is 0. The third kappa shape index (κ3) is 2.21. The van der Waals surface area contributed by atoms with E-state index in [0.29, 0.717) is 5.82 Å². The molecule has 1 fully saturated rings. The Bertz CT molecular complexity index is 558. The molecule has 8 heteroatoms. The summed E-state index contributed by atoms with van der Waals surface area (Å²) in [7, 11) is 1.56. The van der Waals surface area contributed by atoms with Crippen LogP contribution in [0.4, 0.5) is 0 Å². The van der Waals surface area contributed by atoms with E-state index in [1.165, 1.54) is 0 Å². The van der Waals surface area contributed by atoms with E-state index < -0.39 is 30.5 Å². The summed E-state index contributed by atoms with van der Waals surface area (Å²) in [6.45, 7) is -0.248. The van der Waals surface area contributed by atoms with Gasteiger partial charge in [0.1, 0.15) is 6.10 Å². The van der Waals surface area contributed by atoms with Crippen molar-refractivity contribution in [3.05, 3.63) is 28.8 Å². The molecule has 2 aliphatic rings. The quantitative estimate of drug-likeness (QED) is 0.351. The van der Waals surface area contributed by atoms with E-state index in [0.717, 1.165) is 16.8 Å². The minimum absolute atomic E-state index is 0.248. The maximum atomic E-state index is 10.2. The van der Waals surface area contributed by atoms with Crippen LogP contribution >= 0.6 is 0 Å². The first-order valence-corrected chi connectivity index (χ1v) is 6.77. The molecule has 3 heterocycles. The minimum atomic E-state index is -1.02. The molecule has 0 saturated carbocycles. The lowest BCUT2D eigenvalue weighted by Crippen LogP contribution is -2.35. The van der Waals surface area contributed by atoms with Crippen molar-refractivity contribution < 1.29 is 20.1 Å². The average Bonchev–Trinajstić information content (AvgIpc) is 3.01. The summed E-state index contributed by atoms with van der Waals surface area (Å²) in [5.41, 5.74) is 8.24. The van der Waals surface area contributed by atoms with E-state index in [2.05, 4.69) is 15.6 Å². The normalized spacial score (nSPS) is 35.2. The van der Waals surface area contributed by atoms with Crippen LogP contribution in [0.5, 0.6) is 0 Å². The Morgan fingerprint density at radius 3 is 2.71 bits per heavy atom. The predicted octanol–water partition coefficient (Wildman–Crippen LogP) is -1.75. The second kappa shape index (κ2) is 5.32. The van der Waals surface area contributed by atoms with Gasteiger partial charge in [-0.05, 0) is 11.6 Å². The van der Waals surface area contributed by atoms with Crippen LogP contribution in [0.15, 0.2) is 12.0 Å². The molecule has 116 valence electrons. The van der Waals surface area contributed by atoms with Gasteiger partial charge in [0.25, 0.3) is 0 Å². The Hall–Kier alpha value is -1.58. The standard InChI is InChI=1S/C13H20N4O4/c1-21-13-10-5(2-8(14)17-13)6(3-15-10)9-12(20)11(19)7(4-18)16-9/h2-3,7,9,11-13,15-20H,4,14H2,1H3/t7-,9+,11-,12+,13?/m1/s1. The van der Waals surface area contributed by atoms with Gasteiger partial charge in [0.05, 0.1) is 36.3 Å². The summed E-state index contributed by atoms with van der Waals surface area (Å²) in [6.07, 6.45) is 1.08. The number of H-pyrrole nitrogens is 1. The monoisotopic (exact) mass is 296 g/mol. The van der Waals surface area contributed by atoms with Crippen LogP contribution in [0.1, 0.15) is 29.1 Å². The van der Waals surface area contributed by atoms with Gasteiger partial charge < -0.3 is 41.4 Å². The highest BCUT2D eigenvalue weighted by Gasteiger charge is 2.43. The molecule has 1 aromatic heterocycles. The number of aliphatic hydroxyl groups excluding tert-OH is 3. The van der Waals surface area contributed by atoms with Gasteiger partial charge >= 0.3 is 0 Å². The fourth-order valence-electron chi connectivity index (χ4n) is 3.00. The van der Waals surface area contributed by atoms with Crippen LogP contribution in [0.25, 0.3) is 6.08 Å². The summed E-state index contributed by atoms with van der Waals surface area (Å²) in [4.78, 5) is 3.11. The second-order valence-corrected chi connectivity index (χ2v) is 5.35. The second-order valence-electron chi connectivity index (χ2n) is 5.35. The van der Waals surface area contributed by atoms with Gasteiger partial charge in [0, 0.05) is 18.9 Å². The highest BCUT2D eigenvalue weighted by molar-refractivity contribution is 5.62. The molecule has 1 saturated heterocycles. The Morgan fingerprint density at radius 1 is 1.33 bits per heavy atom. The number of rotatable bonds is 3. The summed E-state index contributed by atoms with van der Waals surface area (Å²) in [5, 5.41) is 35.4. The van der Waals surface area contributed by atoms with Crippen LogP contribution in [-0.4, -0.2) is 52.3 Å². The summed E-state index contributed by atoms with van der Waals surface area (Å²) in [5.74, 6) is 0.460. The minimum Gasteiger partial charge on any atom is -0.395 e. The van der Waals surface area contributed by atoms with Crippen LogP contribution in [0.2, 0.25) is 0 Å². The number of methoxy groups -OCH3 is 1. The van der Waals surface area contributed by atoms with Gasteiger partial charge in [0.15, 0.2) is 6.23 Å². The van der Waals surface area contributed by atoms with E-state index in [9.17, 15) is 15.3 Å². The van der Waals surface area contributed by atoms with Crippen molar-refractivity contribution >= 4 is 6.08 Å². The van der Waals surface area contributed by atoms with Gasteiger partial charge in [-0.2, -0.15) is 0 Å². The zero-order valence-electron chi connectivity index (χ0n) is 11.6. The first-order valence-electron chi connectivity index (χ1n) is 6.77. The molecule has 0 bridgehead atoms. The molecule has 8 nitrogen and oxygen atoms in total. The lowest BCUT2D eigenvalue weighted by molar-refractivity contribution is 0.0194. The Morgan fingerprint density at radius 2 is 2.10 bits per heavy atom. The van der Waals surface area contributed by atoms with Crippen molar-refractivity contribution in [1.29, 1.82) is 0 Å². The number of fused-ring (bicyclic) bond motifs is 1. The van der Waals surface area contributed by atoms with E-state index >= 15 is 0 Å². The van der Waals surface area contributed by atoms with Crippen LogP contribution in [0.3, 0.4) is 0 Å². The van der Waals surface area contributed by atoms with Crippen molar-refractivity contribution in [2.75, 3.05) is 13.7 Å². The van der Waals surface area contributed by atoms with E-state index in [1.54, 1.807) is 19.4 Å². The van der Waals surface area contributed by atoms with Gasteiger partial charge in [-0.25, -0.2) is 0 Å². The number of nitrogens with two attached hydrogens (primary N) is 1. The molecule has 0 aliphatic carbocycles. The fraction of sp³-hybridized carbons (Fsp3) is 0.538. The number of ether oxygens (including phenoxy) is 1. The molecule has 3 rings (SSSR count). The molecular formula is C13H20N4O4. The zero-order chi connectivity index (χ0) is 15.1. The maximum absolute atomic E-state index is 10.2. The number of aromatic amines is 1. The lowest BCUT2D eigenvalue weighted by atomic mass is 9.97. The molecule has 2 aliphatic heterocycles. The van der Waals surface area contributed by atoms with Gasteiger partial charge in [0.2, 0.25) is 0 Å². The fourth-order valence-corrected chi connectivity index (χ4v) is 3.00. The Balaban J connectivity index is 1.97. The largest absolute Gasteiger partial charge is 0.395 e. The van der Waals surface area contributed by atoms with E-state index in [1.807, 2.05) is 0 Å². The Labute approximate surface area is 121 Å². The van der Waals surface area contributed by atoms with Crippen LogP contribution in [-0.2, 0) is 4.74 Å².